The van der Waals surface area contributed by atoms with Crippen molar-refractivity contribution in [1.82, 2.24) is 5.32 Å². The predicted molar refractivity (Wildman–Crippen MR) is 69.9 cm³/mol. The fraction of sp³-hybridized carbons (Fsp3) is 0.500. The van der Waals surface area contributed by atoms with E-state index in [0.717, 1.165) is 11.3 Å². The van der Waals surface area contributed by atoms with E-state index in [9.17, 15) is 19.8 Å². The Kier molecular flexibility index (Phi) is 5.94. The third-order valence-corrected chi connectivity index (χ3v) is 3.62. The first-order chi connectivity index (χ1) is 8.95. The van der Waals surface area contributed by atoms with Crippen LogP contribution in [0.3, 0.4) is 0 Å². The molecule has 0 bridgehead atoms. The summed E-state index contributed by atoms with van der Waals surface area (Å²) in [6, 6.07) is 3.11. The monoisotopic (exact) mass is 287 g/mol. The topological polar surface area (TPSA) is 95.9 Å². The first-order valence-electron chi connectivity index (χ1n) is 5.74. The maximum Gasteiger partial charge on any atom is 0.348 e. The molecule has 0 aliphatic rings. The van der Waals surface area contributed by atoms with Crippen LogP contribution >= 0.6 is 11.3 Å². The molecule has 0 aliphatic heterocycles. The van der Waals surface area contributed by atoms with Gasteiger partial charge in [0.1, 0.15) is 11.0 Å². The van der Waals surface area contributed by atoms with E-state index in [-0.39, 0.29) is 18.9 Å². The molecule has 6 nitrogen and oxygen atoms in total. The van der Waals surface area contributed by atoms with E-state index in [1.807, 2.05) is 0 Å². The predicted octanol–water partition coefficient (Wildman–Crippen LogP) is 0.455. The molecule has 0 aliphatic carbocycles. The number of aliphatic hydroxyl groups excluding tert-OH is 2. The van der Waals surface area contributed by atoms with Gasteiger partial charge in [0.15, 0.2) is 0 Å². The van der Waals surface area contributed by atoms with Gasteiger partial charge in [0.2, 0.25) is 5.91 Å². The number of thiophene rings is 1. The number of hydrogen-bond acceptors (Lipinski definition) is 6. The fourth-order valence-corrected chi connectivity index (χ4v) is 2.44. The molecular weight excluding hydrogens is 270 g/mol. The standard InChI is InChI=1S/C12H17NO5S/c1-7(14)13-6-5-8(15)11(16)9-3-4-10(19-9)12(17)18-2/h3-4,8,11,15-16H,5-6H2,1-2H3,(H,13,14). The summed E-state index contributed by atoms with van der Waals surface area (Å²) in [7, 11) is 1.28. The van der Waals surface area contributed by atoms with E-state index in [1.165, 1.54) is 20.1 Å². The molecule has 1 rings (SSSR count). The van der Waals surface area contributed by atoms with Crippen molar-refractivity contribution in [2.24, 2.45) is 0 Å². The smallest absolute Gasteiger partial charge is 0.348 e. The molecule has 2 atom stereocenters. The lowest BCUT2D eigenvalue weighted by atomic mass is 10.1. The second-order valence-corrected chi connectivity index (χ2v) is 5.09. The fourth-order valence-electron chi connectivity index (χ4n) is 1.47. The lowest BCUT2D eigenvalue weighted by molar-refractivity contribution is -0.119. The Bertz CT molecular complexity index is 445. The van der Waals surface area contributed by atoms with Crippen LogP contribution < -0.4 is 5.32 Å². The third kappa shape index (κ3) is 4.62. The number of ether oxygens (including phenoxy) is 1. The molecule has 0 saturated carbocycles. The van der Waals surface area contributed by atoms with Crippen molar-refractivity contribution in [2.75, 3.05) is 13.7 Å². The molecule has 7 heteroatoms. The Hall–Kier alpha value is -1.44. The van der Waals surface area contributed by atoms with E-state index in [4.69, 9.17) is 0 Å². The number of carbonyl (C=O) groups excluding carboxylic acids is 2. The summed E-state index contributed by atoms with van der Waals surface area (Å²) in [4.78, 5) is 22.8. The van der Waals surface area contributed by atoms with Gasteiger partial charge < -0.3 is 20.3 Å². The molecule has 0 aromatic carbocycles. The Morgan fingerprint density at radius 2 is 2.11 bits per heavy atom. The molecule has 0 fully saturated rings. The Balaban J connectivity index is 2.56. The second kappa shape index (κ2) is 7.22. The van der Waals surface area contributed by atoms with Crippen LogP contribution in [-0.4, -0.2) is 41.8 Å². The maximum atomic E-state index is 11.3. The van der Waals surface area contributed by atoms with Crippen molar-refractivity contribution in [3.05, 3.63) is 21.9 Å². The normalized spacial score (nSPS) is 13.7. The van der Waals surface area contributed by atoms with Crippen LogP contribution in [0, 0.1) is 0 Å². The Labute approximate surface area is 115 Å². The first kappa shape index (κ1) is 15.6. The van der Waals surface area contributed by atoms with E-state index in [1.54, 1.807) is 6.07 Å². The molecule has 2 unspecified atom stereocenters. The molecular formula is C12H17NO5S. The van der Waals surface area contributed by atoms with Crippen molar-refractivity contribution in [2.45, 2.75) is 25.6 Å². The van der Waals surface area contributed by atoms with Gasteiger partial charge in [-0.3, -0.25) is 4.79 Å². The van der Waals surface area contributed by atoms with Gasteiger partial charge in [-0.2, -0.15) is 0 Å². The van der Waals surface area contributed by atoms with Crippen LogP contribution in [0.25, 0.3) is 0 Å². The van der Waals surface area contributed by atoms with Gasteiger partial charge in [0.05, 0.1) is 13.2 Å². The van der Waals surface area contributed by atoms with Crippen LogP contribution in [0.15, 0.2) is 12.1 Å². The first-order valence-corrected chi connectivity index (χ1v) is 6.56. The van der Waals surface area contributed by atoms with E-state index in [2.05, 4.69) is 10.1 Å². The molecule has 1 aromatic heterocycles. The summed E-state index contributed by atoms with van der Waals surface area (Å²) in [6.45, 7) is 1.66. The molecule has 0 spiro atoms. The lowest BCUT2D eigenvalue weighted by Crippen LogP contribution is -2.27. The summed E-state index contributed by atoms with van der Waals surface area (Å²) in [5.41, 5.74) is 0. The van der Waals surface area contributed by atoms with Crippen molar-refractivity contribution in [1.29, 1.82) is 0 Å². The average molecular weight is 287 g/mol. The molecule has 0 radical (unpaired) electrons. The van der Waals surface area contributed by atoms with Crippen LogP contribution in [0.4, 0.5) is 0 Å². The van der Waals surface area contributed by atoms with Gasteiger partial charge in [0.25, 0.3) is 0 Å². The largest absolute Gasteiger partial charge is 0.465 e. The minimum atomic E-state index is -1.09. The minimum absolute atomic E-state index is 0.189. The quantitative estimate of drug-likeness (QED) is 0.660. The molecule has 3 N–H and O–H groups in total. The number of hydrogen-bond donors (Lipinski definition) is 3. The van der Waals surface area contributed by atoms with Gasteiger partial charge in [-0.1, -0.05) is 0 Å². The van der Waals surface area contributed by atoms with Crippen LogP contribution in [0.1, 0.15) is 34.0 Å². The van der Waals surface area contributed by atoms with Crippen LogP contribution in [0.5, 0.6) is 0 Å². The van der Waals surface area contributed by atoms with Crippen molar-refractivity contribution in [3.63, 3.8) is 0 Å². The summed E-state index contributed by atoms with van der Waals surface area (Å²) in [5.74, 6) is -0.665. The zero-order valence-corrected chi connectivity index (χ0v) is 11.6. The summed E-state index contributed by atoms with van der Waals surface area (Å²) < 4.78 is 4.56. The number of rotatable bonds is 6. The molecule has 0 saturated heterocycles. The number of amides is 1. The number of nitrogens with one attached hydrogen (secondary N) is 1. The minimum Gasteiger partial charge on any atom is -0.465 e. The second-order valence-electron chi connectivity index (χ2n) is 3.98. The highest BCUT2D eigenvalue weighted by atomic mass is 32.1. The van der Waals surface area contributed by atoms with E-state index >= 15 is 0 Å². The van der Waals surface area contributed by atoms with E-state index < -0.39 is 18.2 Å². The van der Waals surface area contributed by atoms with Gasteiger partial charge in [-0.25, -0.2) is 4.79 Å². The highest BCUT2D eigenvalue weighted by molar-refractivity contribution is 7.14. The summed E-state index contributed by atoms with van der Waals surface area (Å²) in [5, 5.41) is 22.2. The highest BCUT2D eigenvalue weighted by Gasteiger charge is 2.21. The van der Waals surface area contributed by atoms with Gasteiger partial charge >= 0.3 is 5.97 Å². The van der Waals surface area contributed by atoms with Gasteiger partial charge in [-0.15, -0.1) is 11.3 Å². The summed E-state index contributed by atoms with van der Waals surface area (Å²) in [6.07, 6.45) is -1.86. The zero-order valence-electron chi connectivity index (χ0n) is 10.8. The van der Waals surface area contributed by atoms with Crippen molar-refractivity contribution < 1.29 is 24.5 Å². The number of methoxy groups -OCH3 is 1. The number of aliphatic hydroxyl groups is 2. The van der Waals surface area contributed by atoms with Gasteiger partial charge in [-0.05, 0) is 18.6 Å². The van der Waals surface area contributed by atoms with Crippen molar-refractivity contribution in [3.8, 4) is 0 Å². The molecule has 1 amide bonds. The summed E-state index contributed by atoms with van der Waals surface area (Å²) >= 11 is 1.07. The molecule has 1 aromatic rings. The van der Waals surface area contributed by atoms with Crippen molar-refractivity contribution >= 4 is 23.2 Å². The average Bonchev–Trinajstić information content (AvgIpc) is 2.85. The molecule has 19 heavy (non-hydrogen) atoms. The van der Waals surface area contributed by atoms with Crippen LogP contribution in [0.2, 0.25) is 0 Å². The lowest BCUT2D eigenvalue weighted by Gasteiger charge is -2.16. The Morgan fingerprint density at radius 1 is 1.42 bits per heavy atom. The number of carbonyl (C=O) groups is 2. The highest BCUT2D eigenvalue weighted by Crippen LogP contribution is 2.27. The maximum absolute atomic E-state index is 11.3. The third-order valence-electron chi connectivity index (χ3n) is 2.48. The van der Waals surface area contributed by atoms with E-state index in [0.29, 0.717) is 9.75 Å². The SMILES string of the molecule is COC(=O)c1ccc(C(O)C(O)CCNC(C)=O)s1. The Morgan fingerprint density at radius 3 is 2.68 bits per heavy atom. The zero-order chi connectivity index (χ0) is 14.4. The molecule has 1 heterocycles. The molecule has 106 valence electrons. The number of esters is 1. The van der Waals surface area contributed by atoms with Crippen LogP contribution in [-0.2, 0) is 9.53 Å². The van der Waals surface area contributed by atoms with Gasteiger partial charge in [0, 0.05) is 18.3 Å².